The lowest BCUT2D eigenvalue weighted by molar-refractivity contribution is -0.153. The fourth-order valence-corrected chi connectivity index (χ4v) is 5.71. The zero-order valence-corrected chi connectivity index (χ0v) is 29.5. The molecule has 0 bridgehead atoms. The van der Waals surface area contributed by atoms with Crippen LogP contribution in [0.2, 0.25) is 0 Å². The van der Waals surface area contributed by atoms with Gasteiger partial charge in [-0.3, -0.25) is 9.59 Å². The van der Waals surface area contributed by atoms with Gasteiger partial charge in [0.25, 0.3) is 11.8 Å². The molecule has 3 N–H and O–H groups in total. The Morgan fingerprint density at radius 1 is 0.889 bits per heavy atom. The van der Waals surface area contributed by atoms with Gasteiger partial charge in [-0.1, -0.05) is 24.3 Å². The van der Waals surface area contributed by atoms with Crippen LogP contribution in [0.1, 0.15) is 55.6 Å². The van der Waals surface area contributed by atoms with Crippen molar-refractivity contribution in [1.82, 2.24) is 24.8 Å². The van der Waals surface area contributed by atoms with E-state index in [1.54, 1.807) is 68.3 Å². The first-order chi connectivity index (χ1) is 25.6. The third-order valence-electron chi connectivity index (χ3n) is 8.20. The predicted molar refractivity (Wildman–Crippen MR) is 192 cm³/mol. The molecule has 1 aliphatic rings. The van der Waals surface area contributed by atoms with Crippen LogP contribution in [0.4, 0.5) is 39.7 Å². The number of fused-ring (bicyclic) bond motifs is 1. The lowest BCUT2D eigenvalue weighted by atomic mass is 10.1. The van der Waals surface area contributed by atoms with Crippen LogP contribution in [0, 0.1) is 5.82 Å². The lowest BCUT2D eigenvalue weighted by Crippen LogP contribution is -2.40. The number of ether oxygens (including phenoxy) is 2. The number of likely N-dealkylation sites (tertiary alicyclic amines) is 1. The molecule has 1 aliphatic heterocycles. The van der Waals surface area contributed by atoms with Crippen molar-refractivity contribution in [3.8, 4) is 16.9 Å². The van der Waals surface area contributed by atoms with Crippen molar-refractivity contribution in [1.29, 1.82) is 0 Å². The number of alkyl halides is 3. The summed E-state index contributed by atoms with van der Waals surface area (Å²) in [7, 11) is 0. The maximum Gasteiger partial charge on any atom is 0.422 e. The minimum absolute atomic E-state index is 0.0800. The molecule has 0 saturated carbocycles. The summed E-state index contributed by atoms with van der Waals surface area (Å²) in [4.78, 5) is 44.9. The summed E-state index contributed by atoms with van der Waals surface area (Å²) in [6, 6.07) is 18.6. The molecule has 282 valence electrons. The van der Waals surface area contributed by atoms with Crippen LogP contribution in [0.5, 0.6) is 5.75 Å². The Hall–Kier alpha value is -6.19. The van der Waals surface area contributed by atoms with Gasteiger partial charge < -0.3 is 30.3 Å². The van der Waals surface area contributed by atoms with E-state index in [1.165, 1.54) is 47.0 Å². The summed E-state index contributed by atoms with van der Waals surface area (Å²) < 4.78 is 64.8. The highest BCUT2D eigenvalue weighted by Crippen LogP contribution is 2.31. The van der Waals surface area contributed by atoms with Crippen LogP contribution in [-0.2, 0) is 9.53 Å². The summed E-state index contributed by atoms with van der Waals surface area (Å²) in [5, 5.41) is 12.7. The second-order valence-electron chi connectivity index (χ2n) is 13.6. The van der Waals surface area contributed by atoms with E-state index in [2.05, 4.69) is 26.0 Å². The molecule has 0 spiro atoms. The van der Waals surface area contributed by atoms with Crippen LogP contribution in [0.25, 0.3) is 16.8 Å². The molecule has 3 amide bonds. The molecule has 54 heavy (non-hydrogen) atoms. The van der Waals surface area contributed by atoms with Gasteiger partial charge in [0.05, 0.1) is 5.69 Å². The van der Waals surface area contributed by atoms with Gasteiger partial charge in [-0.2, -0.15) is 18.2 Å². The van der Waals surface area contributed by atoms with Gasteiger partial charge in [0.1, 0.15) is 23.2 Å². The zero-order valence-electron chi connectivity index (χ0n) is 29.5. The number of alkyl carbamates (subject to hydrolysis) is 1. The van der Waals surface area contributed by atoms with Gasteiger partial charge in [0.2, 0.25) is 5.95 Å². The molecule has 3 aromatic carbocycles. The SMILES string of the molecule is CC(C)(C)OC(=O)N[C@@H](C(=O)Nc1ccc(-c2ccc3nc(Nc4ccc(C(=O)N5CCCC5)cc4OCC(F)(F)F)nn3c2)cc1)c1ccc(F)cc1. The fourth-order valence-electron chi connectivity index (χ4n) is 5.71. The van der Waals surface area contributed by atoms with E-state index >= 15 is 0 Å². The number of carbonyl (C=O) groups is 3. The molecule has 1 fully saturated rings. The second-order valence-corrected chi connectivity index (χ2v) is 13.6. The second kappa shape index (κ2) is 15.4. The summed E-state index contributed by atoms with van der Waals surface area (Å²) >= 11 is 0. The Kier molecular flexibility index (Phi) is 10.7. The minimum atomic E-state index is -4.60. The number of amides is 3. The summed E-state index contributed by atoms with van der Waals surface area (Å²) in [5.74, 6) is -1.45. The summed E-state index contributed by atoms with van der Waals surface area (Å²) in [6.45, 7) is 4.68. The van der Waals surface area contributed by atoms with Crippen LogP contribution < -0.4 is 20.7 Å². The summed E-state index contributed by atoms with van der Waals surface area (Å²) in [5.41, 5.74) is 2.24. The number of nitrogens with one attached hydrogen (secondary N) is 3. The van der Waals surface area contributed by atoms with Crippen molar-refractivity contribution in [2.75, 3.05) is 30.3 Å². The Morgan fingerprint density at radius 3 is 2.24 bits per heavy atom. The molecule has 5 aromatic rings. The Bertz CT molecular complexity index is 2140. The van der Waals surface area contributed by atoms with Crippen molar-refractivity contribution in [2.24, 2.45) is 0 Å². The van der Waals surface area contributed by atoms with Gasteiger partial charge in [0, 0.05) is 36.1 Å². The highest BCUT2D eigenvalue weighted by molar-refractivity contribution is 5.97. The van der Waals surface area contributed by atoms with Crippen LogP contribution in [0.15, 0.2) is 85.1 Å². The highest BCUT2D eigenvalue weighted by atomic mass is 19.4. The van der Waals surface area contributed by atoms with E-state index in [1.807, 2.05) is 0 Å². The standard InChI is InChI=1S/C38H37F4N7O5/c1-37(2,3)54-36(52)46-32(24-6-12-27(39)13-7-24)33(50)43-28-14-8-23(9-15-28)26-11-17-31-45-35(47-49(31)21-26)44-29-16-10-25(34(51)48-18-4-5-19-48)20-30(29)53-22-38(40,41)42/h6-17,20-21,32H,4-5,18-19,22H2,1-3H3,(H,43,50)(H,44,47)(H,46,52)/t32-/m1/s1. The number of aromatic nitrogens is 3. The van der Waals surface area contributed by atoms with Gasteiger partial charge in [-0.05, 0) is 99.3 Å². The first-order valence-electron chi connectivity index (χ1n) is 17.0. The van der Waals surface area contributed by atoms with Crippen molar-refractivity contribution < 1.29 is 41.4 Å². The van der Waals surface area contributed by atoms with E-state index in [9.17, 15) is 31.9 Å². The van der Waals surface area contributed by atoms with Gasteiger partial charge in [-0.15, -0.1) is 5.10 Å². The minimum Gasteiger partial charge on any atom is -0.482 e. The topological polar surface area (TPSA) is 139 Å². The molecular formula is C38H37F4N7O5. The third kappa shape index (κ3) is 9.61. The molecule has 0 radical (unpaired) electrons. The number of nitrogens with zero attached hydrogens (tertiary/aromatic N) is 4. The van der Waals surface area contributed by atoms with E-state index in [-0.39, 0.29) is 28.9 Å². The van der Waals surface area contributed by atoms with E-state index in [4.69, 9.17) is 9.47 Å². The first kappa shape index (κ1) is 37.6. The Balaban J connectivity index is 1.17. The lowest BCUT2D eigenvalue weighted by Gasteiger charge is -2.23. The number of carbonyl (C=O) groups excluding carboxylic acids is 3. The molecule has 0 unspecified atom stereocenters. The maximum atomic E-state index is 13.6. The highest BCUT2D eigenvalue weighted by Gasteiger charge is 2.30. The third-order valence-corrected chi connectivity index (χ3v) is 8.20. The van der Waals surface area contributed by atoms with Crippen molar-refractivity contribution in [2.45, 2.75) is 51.4 Å². The molecule has 1 atom stereocenters. The van der Waals surface area contributed by atoms with E-state index < -0.39 is 42.2 Å². The summed E-state index contributed by atoms with van der Waals surface area (Å²) in [6.07, 6.45) is -1.98. The molecule has 3 heterocycles. The number of anilines is 3. The number of rotatable bonds is 10. The smallest absolute Gasteiger partial charge is 0.422 e. The maximum absolute atomic E-state index is 13.6. The number of pyridine rings is 1. The van der Waals surface area contributed by atoms with Crippen LogP contribution in [-0.4, -0.2) is 68.9 Å². The molecular weight excluding hydrogens is 710 g/mol. The van der Waals surface area contributed by atoms with Gasteiger partial charge in [0.15, 0.2) is 12.3 Å². The molecule has 6 rings (SSSR count). The van der Waals surface area contributed by atoms with E-state index in [0.29, 0.717) is 30.0 Å². The molecule has 12 nitrogen and oxygen atoms in total. The Morgan fingerprint density at radius 2 is 1.57 bits per heavy atom. The van der Waals surface area contributed by atoms with E-state index in [0.717, 1.165) is 24.0 Å². The molecule has 0 aliphatic carbocycles. The largest absolute Gasteiger partial charge is 0.482 e. The average Bonchev–Trinajstić information content (AvgIpc) is 3.80. The fraction of sp³-hybridized carbons (Fsp3) is 0.289. The van der Waals surface area contributed by atoms with Crippen LogP contribution in [0.3, 0.4) is 0 Å². The molecule has 16 heteroatoms. The van der Waals surface area contributed by atoms with Crippen molar-refractivity contribution in [3.63, 3.8) is 0 Å². The number of benzene rings is 3. The molecule has 2 aromatic heterocycles. The van der Waals surface area contributed by atoms with Crippen molar-refractivity contribution >= 4 is 40.9 Å². The number of halogens is 4. The zero-order chi connectivity index (χ0) is 38.6. The van der Waals surface area contributed by atoms with Gasteiger partial charge in [-0.25, -0.2) is 13.7 Å². The normalized spacial score (nSPS) is 13.7. The monoisotopic (exact) mass is 747 g/mol. The van der Waals surface area contributed by atoms with Crippen molar-refractivity contribution in [3.05, 3.63) is 102 Å². The predicted octanol–water partition coefficient (Wildman–Crippen LogP) is 7.66. The number of hydrogen-bond acceptors (Lipinski definition) is 8. The Labute approximate surface area is 307 Å². The first-order valence-corrected chi connectivity index (χ1v) is 17.0. The quantitative estimate of drug-likeness (QED) is 0.124. The molecule has 1 saturated heterocycles. The van der Waals surface area contributed by atoms with Crippen LogP contribution >= 0.6 is 0 Å². The average molecular weight is 748 g/mol. The number of hydrogen-bond donors (Lipinski definition) is 3. The van der Waals surface area contributed by atoms with Gasteiger partial charge >= 0.3 is 12.3 Å².